The van der Waals surface area contributed by atoms with Gasteiger partial charge in [0.2, 0.25) is 0 Å². The summed E-state index contributed by atoms with van der Waals surface area (Å²) in [6.07, 6.45) is 3.43. The van der Waals surface area contributed by atoms with Crippen LogP contribution in [0, 0.1) is 19.7 Å². The molecule has 3 aromatic carbocycles. The number of fused-ring (bicyclic) bond motifs is 2. The Kier molecular flexibility index (Phi) is 9.77. The van der Waals surface area contributed by atoms with E-state index in [9.17, 15) is 19.1 Å². The maximum atomic E-state index is 14.0. The molecule has 0 spiro atoms. The van der Waals surface area contributed by atoms with Crippen LogP contribution in [0.25, 0.3) is 56.0 Å². The van der Waals surface area contributed by atoms with E-state index >= 15 is 0 Å². The van der Waals surface area contributed by atoms with Crippen molar-refractivity contribution in [2.75, 3.05) is 5.32 Å². The summed E-state index contributed by atoms with van der Waals surface area (Å²) in [5, 5.41) is 22.6. The van der Waals surface area contributed by atoms with Gasteiger partial charge in [-0.25, -0.2) is 28.5 Å². The van der Waals surface area contributed by atoms with Crippen LogP contribution >= 0.6 is 0 Å². The Morgan fingerprint density at radius 3 is 1.61 bits per heavy atom. The molecule has 0 saturated carbocycles. The molecule has 9 rings (SSSR count). The molecule has 0 bridgehead atoms. The van der Waals surface area contributed by atoms with Gasteiger partial charge in [0.05, 0.1) is 28.1 Å². The third-order valence-electron chi connectivity index (χ3n) is 9.02. The van der Waals surface area contributed by atoms with Gasteiger partial charge in [-0.05, 0) is 86.6 Å². The van der Waals surface area contributed by atoms with Crippen molar-refractivity contribution in [2.45, 2.75) is 13.8 Å². The van der Waals surface area contributed by atoms with Crippen LogP contribution in [0.15, 0.2) is 146 Å². The number of carbonyl (C=O) groups is 2. The maximum absolute atomic E-state index is 14.0. The molecule has 0 aliphatic carbocycles. The fraction of sp³-hybridized carbons (Fsp3) is 0.0455. The molecule has 12 nitrogen and oxygen atoms in total. The third-order valence-corrected chi connectivity index (χ3v) is 9.02. The number of nitrogens with zero attached hydrogens (tertiary/aromatic N) is 8. The van der Waals surface area contributed by atoms with Gasteiger partial charge in [-0.2, -0.15) is 10.2 Å². The predicted octanol–water partition coefficient (Wildman–Crippen LogP) is 8.67. The Morgan fingerprint density at radius 2 is 1.09 bits per heavy atom. The maximum Gasteiger partial charge on any atom is 0.356 e. The van der Waals surface area contributed by atoms with Crippen LogP contribution in [0.5, 0.6) is 0 Å². The van der Waals surface area contributed by atoms with Gasteiger partial charge in [0, 0.05) is 45.7 Å². The first-order valence-corrected chi connectivity index (χ1v) is 17.8. The first-order valence-electron chi connectivity index (χ1n) is 17.8. The van der Waals surface area contributed by atoms with Crippen LogP contribution in [0.2, 0.25) is 0 Å². The van der Waals surface area contributed by atoms with Crippen molar-refractivity contribution in [3.63, 3.8) is 0 Å². The van der Waals surface area contributed by atoms with Crippen LogP contribution in [0.3, 0.4) is 0 Å². The van der Waals surface area contributed by atoms with Crippen LogP contribution in [0.1, 0.15) is 32.4 Å². The summed E-state index contributed by atoms with van der Waals surface area (Å²) in [7, 11) is 0. The van der Waals surface area contributed by atoms with E-state index in [2.05, 4.69) is 35.5 Å². The van der Waals surface area contributed by atoms with Gasteiger partial charge in [-0.3, -0.25) is 14.8 Å². The Balaban J connectivity index is 0.000000165. The average Bonchev–Trinajstić information content (AvgIpc) is 3.88. The minimum Gasteiger partial charge on any atom is -0.476 e. The van der Waals surface area contributed by atoms with Crippen molar-refractivity contribution in [1.29, 1.82) is 0 Å². The second-order valence-corrected chi connectivity index (χ2v) is 12.9. The number of carbonyl (C=O) groups excluding carboxylic acids is 1. The lowest BCUT2D eigenvalue weighted by Crippen LogP contribution is -2.14. The molecule has 0 aliphatic heterocycles. The number of carboxylic acids is 1. The molecule has 0 fully saturated rings. The summed E-state index contributed by atoms with van der Waals surface area (Å²) in [5.74, 6) is -0.956. The molecule has 0 saturated heterocycles. The van der Waals surface area contributed by atoms with Crippen molar-refractivity contribution >= 4 is 39.4 Å². The first-order chi connectivity index (χ1) is 27.7. The molecular weight excluding hydrogens is 722 g/mol. The van der Waals surface area contributed by atoms with Gasteiger partial charge in [0.1, 0.15) is 5.82 Å². The summed E-state index contributed by atoms with van der Waals surface area (Å²) in [6, 6.07) is 39.6. The quantitative estimate of drug-likeness (QED) is 0.163. The molecule has 2 N–H and O–H groups in total. The minimum atomic E-state index is -1.08. The monoisotopic (exact) mass is 753 g/mol. The van der Waals surface area contributed by atoms with Crippen molar-refractivity contribution < 1.29 is 19.1 Å². The summed E-state index contributed by atoms with van der Waals surface area (Å²) in [4.78, 5) is 42.2. The molecule has 13 heteroatoms. The van der Waals surface area contributed by atoms with Crippen molar-refractivity contribution in [1.82, 2.24) is 39.5 Å². The highest BCUT2D eigenvalue weighted by atomic mass is 19.1. The Morgan fingerprint density at radius 1 is 0.596 bits per heavy atom. The number of amides is 1. The van der Waals surface area contributed by atoms with E-state index in [4.69, 9.17) is 0 Å². The third kappa shape index (κ3) is 7.44. The van der Waals surface area contributed by atoms with Crippen molar-refractivity contribution in [3.05, 3.63) is 174 Å². The van der Waals surface area contributed by atoms with Gasteiger partial charge in [-0.15, -0.1) is 0 Å². The fourth-order valence-electron chi connectivity index (χ4n) is 6.39. The highest BCUT2D eigenvalue weighted by Gasteiger charge is 2.21. The SMILES string of the molecule is Cc1cccc(-n2nc(C(=O)Nc3ccccc3F)cc2-c2ccnc3ccccc23)n1.Cc1cccc(-n2nc(C(=O)O)cc2-c2ccnc3ccccc23)n1. The Labute approximate surface area is 325 Å². The molecule has 9 aromatic rings. The van der Waals surface area contributed by atoms with E-state index in [0.717, 1.165) is 44.3 Å². The van der Waals surface area contributed by atoms with E-state index in [1.54, 1.807) is 52.1 Å². The molecule has 0 atom stereocenters. The van der Waals surface area contributed by atoms with E-state index in [0.29, 0.717) is 23.0 Å². The summed E-state index contributed by atoms with van der Waals surface area (Å²) in [6.45, 7) is 3.77. The van der Waals surface area contributed by atoms with E-state index in [1.165, 1.54) is 12.1 Å². The van der Waals surface area contributed by atoms with Gasteiger partial charge >= 0.3 is 5.97 Å². The molecular formula is C44H32FN9O3. The number of anilines is 1. The number of aromatic carboxylic acids is 1. The van der Waals surface area contributed by atoms with Gasteiger partial charge in [0.25, 0.3) is 5.91 Å². The molecule has 278 valence electrons. The second-order valence-electron chi connectivity index (χ2n) is 12.9. The molecule has 1 amide bonds. The van der Waals surface area contributed by atoms with Crippen LogP contribution in [-0.4, -0.2) is 56.5 Å². The number of aromatic nitrogens is 8. The first kappa shape index (κ1) is 36.1. The second kappa shape index (κ2) is 15.4. The standard InChI is InChI=1S/C25H18FN5O.C19H14N4O2/c1-16-7-6-12-24(28-16)31-23(18-13-14-27-20-10-4-2-8-17(18)20)15-22(30-31)25(32)29-21-11-5-3-9-19(21)26;1-12-5-4-8-18(21-12)23-17(11-16(22-23)19(24)25)14-9-10-20-15-7-3-2-6-13(14)15/h2-15H,1H3,(H,29,32);2-11H,1H3,(H,24,25). The normalized spacial score (nSPS) is 10.9. The lowest BCUT2D eigenvalue weighted by Gasteiger charge is -2.09. The zero-order valence-corrected chi connectivity index (χ0v) is 30.6. The number of benzene rings is 3. The number of nitrogens with one attached hydrogen (secondary N) is 1. The number of halogens is 1. The smallest absolute Gasteiger partial charge is 0.356 e. The zero-order valence-electron chi connectivity index (χ0n) is 30.6. The number of carboxylic acid groups (broad SMARTS) is 1. The molecule has 57 heavy (non-hydrogen) atoms. The molecule has 0 aliphatic rings. The van der Waals surface area contributed by atoms with Gasteiger partial charge in [0.15, 0.2) is 23.0 Å². The highest BCUT2D eigenvalue weighted by Crippen LogP contribution is 2.31. The molecule has 0 radical (unpaired) electrons. The lowest BCUT2D eigenvalue weighted by atomic mass is 10.1. The van der Waals surface area contributed by atoms with Crippen LogP contribution in [0.4, 0.5) is 10.1 Å². The molecule has 0 unspecified atom stereocenters. The minimum absolute atomic E-state index is 0.0285. The summed E-state index contributed by atoms with van der Waals surface area (Å²) in [5.41, 5.74) is 6.58. The van der Waals surface area contributed by atoms with Gasteiger partial charge < -0.3 is 10.4 Å². The van der Waals surface area contributed by atoms with Crippen LogP contribution < -0.4 is 5.32 Å². The molecule has 6 heterocycles. The number of pyridine rings is 4. The number of rotatable bonds is 7. The van der Waals surface area contributed by atoms with Crippen molar-refractivity contribution in [2.24, 2.45) is 0 Å². The largest absolute Gasteiger partial charge is 0.476 e. The zero-order chi connectivity index (χ0) is 39.5. The molecule has 6 aromatic heterocycles. The van der Waals surface area contributed by atoms with E-state index in [1.807, 2.05) is 105 Å². The Bertz CT molecular complexity index is 2950. The fourth-order valence-corrected chi connectivity index (χ4v) is 6.39. The van der Waals surface area contributed by atoms with Crippen molar-refractivity contribution in [3.8, 4) is 34.2 Å². The number of hydrogen-bond acceptors (Lipinski definition) is 8. The van der Waals surface area contributed by atoms with E-state index in [-0.39, 0.29) is 17.1 Å². The summed E-state index contributed by atoms with van der Waals surface area (Å²) >= 11 is 0. The number of aryl methyl sites for hydroxylation is 2. The predicted molar refractivity (Wildman–Crippen MR) is 215 cm³/mol. The lowest BCUT2D eigenvalue weighted by molar-refractivity contribution is 0.0689. The highest BCUT2D eigenvalue weighted by molar-refractivity contribution is 6.04. The van der Waals surface area contributed by atoms with Gasteiger partial charge in [-0.1, -0.05) is 60.7 Å². The average molecular weight is 754 g/mol. The van der Waals surface area contributed by atoms with Crippen LogP contribution in [-0.2, 0) is 0 Å². The summed E-state index contributed by atoms with van der Waals surface area (Å²) < 4.78 is 17.2. The number of para-hydroxylation sites is 3. The Hall–Kier alpha value is -7.93. The van der Waals surface area contributed by atoms with E-state index < -0.39 is 17.7 Å². The number of hydrogen-bond donors (Lipinski definition) is 2. The topological polar surface area (TPSA) is 154 Å².